The van der Waals surface area contributed by atoms with Crippen molar-refractivity contribution in [2.24, 2.45) is 11.7 Å². The molecule has 0 spiro atoms. The number of hydrogen-bond acceptors (Lipinski definition) is 3. The van der Waals surface area contributed by atoms with Crippen LogP contribution < -0.4 is 5.73 Å². The molecule has 2 atom stereocenters. The van der Waals surface area contributed by atoms with Crippen LogP contribution in [0, 0.1) is 5.92 Å². The van der Waals surface area contributed by atoms with Gasteiger partial charge in [0.2, 0.25) is 0 Å². The molecule has 0 aromatic heterocycles. The van der Waals surface area contributed by atoms with Crippen LogP contribution in [0.15, 0.2) is 24.3 Å². The van der Waals surface area contributed by atoms with Crippen molar-refractivity contribution in [2.75, 3.05) is 13.1 Å². The number of hydrogen-bond donors (Lipinski definition) is 2. The number of nitrogens with zero attached hydrogens (tertiary/aromatic N) is 1. The smallest absolute Gasteiger partial charge is 0.307 e. The Morgan fingerprint density at radius 2 is 2.10 bits per heavy atom. The van der Waals surface area contributed by atoms with E-state index < -0.39 is 5.97 Å². The summed E-state index contributed by atoms with van der Waals surface area (Å²) in [6.07, 6.45) is 2.23. The van der Waals surface area contributed by atoms with E-state index in [1.807, 2.05) is 24.3 Å². The lowest BCUT2D eigenvalue weighted by atomic mass is 9.90. The quantitative estimate of drug-likeness (QED) is 0.861. The number of piperidine rings is 1. The zero-order valence-electron chi connectivity index (χ0n) is 12.1. The van der Waals surface area contributed by atoms with Gasteiger partial charge in [-0.15, -0.1) is 0 Å². The summed E-state index contributed by atoms with van der Waals surface area (Å²) in [5, 5.41) is 8.98. The molecule has 2 rings (SSSR count). The highest BCUT2D eigenvalue weighted by Gasteiger charge is 2.25. The minimum absolute atomic E-state index is 0.0979. The third kappa shape index (κ3) is 3.81. The summed E-state index contributed by atoms with van der Waals surface area (Å²) in [7, 11) is 0. The maximum atomic E-state index is 10.9. The first kappa shape index (κ1) is 15.0. The minimum Gasteiger partial charge on any atom is -0.481 e. The lowest BCUT2D eigenvalue weighted by Gasteiger charge is -2.36. The van der Waals surface area contributed by atoms with E-state index in [0.29, 0.717) is 12.0 Å². The van der Waals surface area contributed by atoms with Crippen LogP contribution in [-0.2, 0) is 17.8 Å². The number of rotatable bonds is 5. The third-order valence-corrected chi connectivity index (χ3v) is 4.26. The van der Waals surface area contributed by atoms with E-state index in [1.54, 1.807) is 0 Å². The Balaban J connectivity index is 2.04. The maximum absolute atomic E-state index is 10.9. The van der Waals surface area contributed by atoms with E-state index in [4.69, 9.17) is 10.8 Å². The fraction of sp³-hybridized carbons (Fsp3) is 0.562. The van der Waals surface area contributed by atoms with Gasteiger partial charge in [0.25, 0.3) is 0 Å². The van der Waals surface area contributed by atoms with Crippen LogP contribution in [0.5, 0.6) is 0 Å². The molecule has 1 heterocycles. The first-order valence-electron chi connectivity index (χ1n) is 7.36. The van der Waals surface area contributed by atoms with Gasteiger partial charge in [0.15, 0.2) is 0 Å². The van der Waals surface area contributed by atoms with E-state index in [1.165, 1.54) is 0 Å². The fourth-order valence-electron chi connectivity index (χ4n) is 2.99. The first-order valence-corrected chi connectivity index (χ1v) is 7.36. The Bertz CT molecular complexity index is 462. The molecule has 1 saturated heterocycles. The zero-order valence-corrected chi connectivity index (χ0v) is 12.1. The van der Waals surface area contributed by atoms with E-state index in [9.17, 15) is 4.79 Å². The molecule has 0 bridgehead atoms. The molecule has 1 aromatic rings. The molecule has 0 saturated carbocycles. The number of carboxylic acids is 1. The number of nitrogens with two attached hydrogens (primary N) is 1. The molecule has 4 nitrogen and oxygen atoms in total. The molecule has 0 amide bonds. The lowest BCUT2D eigenvalue weighted by Crippen LogP contribution is -2.46. The number of carboxylic acid groups (broad SMARTS) is 1. The summed E-state index contributed by atoms with van der Waals surface area (Å²) < 4.78 is 0. The van der Waals surface area contributed by atoms with Crippen LogP contribution >= 0.6 is 0 Å². The Morgan fingerprint density at radius 3 is 2.75 bits per heavy atom. The van der Waals surface area contributed by atoms with Gasteiger partial charge in [-0.2, -0.15) is 0 Å². The van der Waals surface area contributed by atoms with Gasteiger partial charge in [-0.25, -0.2) is 0 Å². The Morgan fingerprint density at radius 1 is 1.40 bits per heavy atom. The van der Waals surface area contributed by atoms with Crippen LogP contribution in [0.2, 0.25) is 0 Å². The van der Waals surface area contributed by atoms with Crippen LogP contribution in [0.1, 0.15) is 30.9 Å². The zero-order chi connectivity index (χ0) is 14.5. The normalized spacial score (nSPS) is 23.7. The predicted molar refractivity (Wildman–Crippen MR) is 79.4 cm³/mol. The average Bonchev–Trinajstić information content (AvgIpc) is 2.42. The maximum Gasteiger partial charge on any atom is 0.307 e. The highest BCUT2D eigenvalue weighted by Crippen LogP contribution is 2.21. The van der Waals surface area contributed by atoms with E-state index >= 15 is 0 Å². The van der Waals surface area contributed by atoms with Crippen LogP contribution in [0.4, 0.5) is 0 Å². The van der Waals surface area contributed by atoms with Gasteiger partial charge in [-0.1, -0.05) is 37.6 Å². The van der Waals surface area contributed by atoms with Crippen molar-refractivity contribution in [3.05, 3.63) is 35.4 Å². The third-order valence-electron chi connectivity index (χ3n) is 4.26. The van der Waals surface area contributed by atoms with Crippen molar-refractivity contribution in [3.8, 4) is 0 Å². The molecule has 1 aliphatic rings. The highest BCUT2D eigenvalue weighted by molar-refractivity contribution is 5.70. The summed E-state index contributed by atoms with van der Waals surface area (Å²) >= 11 is 0. The van der Waals surface area contributed by atoms with Gasteiger partial charge in [0, 0.05) is 19.1 Å². The molecule has 2 unspecified atom stereocenters. The van der Waals surface area contributed by atoms with Crippen LogP contribution in [0.3, 0.4) is 0 Å². The number of likely N-dealkylation sites (tertiary alicyclic amines) is 1. The number of benzene rings is 1. The molecule has 1 fully saturated rings. The second-order valence-electron chi connectivity index (χ2n) is 5.70. The van der Waals surface area contributed by atoms with Crippen molar-refractivity contribution < 1.29 is 9.90 Å². The van der Waals surface area contributed by atoms with Gasteiger partial charge in [0.05, 0.1) is 6.42 Å². The van der Waals surface area contributed by atoms with E-state index in [-0.39, 0.29) is 6.42 Å². The largest absolute Gasteiger partial charge is 0.481 e. The van der Waals surface area contributed by atoms with Crippen molar-refractivity contribution in [2.45, 2.75) is 38.8 Å². The predicted octanol–water partition coefficient (Wildman–Crippen LogP) is 1.87. The molecule has 3 N–H and O–H groups in total. The summed E-state index contributed by atoms with van der Waals surface area (Å²) in [5.74, 6) is -0.222. The van der Waals surface area contributed by atoms with Crippen molar-refractivity contribution >= 4 is 5.97 Å². The van der Waals surface area contributed by atoms with Gasteiger partial charge < -0.3 is 10.8 Å². The van der Waals surface area contributed by atoms with Crippen molar-refractivity contribution in [1.29, 1.82) is 0 Å². The summed E-state index contributed by atoms with van der Waals surface area (Å²) in [6, 6.07) is 8.14. The SMILES string of the molecule is CCC1CN(Cc2ccccc2CC(=O)O)CCC1N. The molecule has 110 valence electrons. The molecule has 4 heteroatoms. The highest BCUT2D eigenvalue weighted by atomic mass is 16.4. The Kier molecular flexibility index (Phi) is 5.15. The van der Waals surface area contributed by atoms with E-state index in [2.05, 4.69) is 11.8 Å². The second-order valence-corrected chi connectivity index (χ2v) is 5.70. The molecular formula is C16H24N2O2. The first-order chi connectivity index (χ1) is 9.60. The van der Waals surface area contributed by atoms with Gasteiger partial charge in [-0.3, -0.25) is 9.69 Å². The number of carbonyl (C=O) groups is 1. The van der Waals surface area contributed by atoms with Crippen LogP contribution in [-0.4, -0.2) is 35.1 Å². The topological polar surface area (TPSA) is 66.6 Å². The molecule has 20 heavy (non-hydrogen) atoms. The Labute approximate surface area is 120 Å². The number of aliphatic carboxylic acids is 1. The second kappa shape index (κ2) is 6.86. The fourth-order valence-corrected chi connectivity index (χ4v) is 2.99. The monoisotopic (exact) mass is 276 g/mol. The van der Waals surface area contributed by atoms with Crippen molar-refractivity contribution in [3.63, 3.8) is 0 Å². The van der Waals surface area contributed by atoms with Gasteiger partial charge in [0.1, 0.15) is 0 Å². The van der Waals surface area contributed by atoms with Gasteiger partial charge >= 0.3 is 5.97 Å². The Hall–Kier alpha value is -1.39. The molecule has 0 radical (unpaired) electrons. The standard InChI is InChI=1S/C16H24N2O2/c1-2-12-10-18(8-7-15(12)17)11-14-6-4-3-5-13(14)9-16(19)20/h3-6,12,15H,2,7-11,17H2,1H3,(H,19,20). The summed E-state index contributed by atoms with van der Waals surface area (Å²) in [4.78, 5) is 13.3. The van der Waals surface area contributed by atoms with Crippen LogP contribution in [0.25, 0.3) is 0 Å². The minimum atomic E-state index is -0.774. The molecule has 1 aromatic carbocycles. The molecule has 0 aliphatic carbocycles. The van der Waals surface area contributed by atoms with Crippen molar-refractivity contribution in [1.82, 2.24) is 4.90 Å². The summed E-state index contributed by atoms with van der Waals surface area (Å²) in [6.45, 7) is 5.03. The van der Waals surface area contributed by atoms with E-state index in [0.717, 1.165) is 43.6 Å². The molecule has 1 aliphatic heterocycles. The lowest BCUT2D eigenvalue weighted by molar-refractivity contribution is -0.136. The average molecular weight is 276 g/mol. The van der Waals surface area contributed by atoms with Gasteiger partial charge in [-0.05, 0) is 30.0 Å². The summed E-state index contributed by atoms with van der Waals surface area (Å²) in [5.41, 5.74) is 8.18. The molecular weight excluding hydrogens is 252 g/mol.